The van der Waals surface area contributed by atoms with Crippen LogP contribution in [0.15, 0.2) is 30.3 Å². The molecule has 1 aromatic rings. The lowest BCUT2D eigenvalue weighted by Gasteiger charge is -2.07. The molecule has 0 heterocycles. The molecule has 4 nitrogen and oxygen atoms in total. The minimum absolute atomic E-state index is 0.0324. The van der Waals surface area contributed by atoms with E-state index in [0.29, 0.717) is 0 Å². The van der Waals surface area contributed by atoms with Crippen molar-refractivity contribution in [2.75, 3.05) is 0 Å². The molecule has 7 heteroatoms. The van der Waals surface area contributed by atoms with E-state index < -0.39 is 18.1 Å². The monoisotopic (exact) mass is 233 g/mol. The first-order valence-electron chi connectivity index (χ1n) is 4.04. The fourth-order valence-electron chi connectivity index (χ4n) is 0.784. The molecule has 0 aliphatic rings. The van der Waals surface area contributed by atoms with Crippen LogP contribution in [0.1, 0.15) is 10.4 Å². The van der Waals surface area contributed by atoms with Crippen LogP contribution in [0, 0.1) is 0 Å². The Morgan fingerprint density at radius 2 is 1.69 bits per heavy atom. The van der Waals surface area contributed by atoms with E-state index in [4.69, 9.17) is 0 Å². The highest BCUT2D eigenvalue weighted by Gasteiger charge is 2.39. The third-order valence-corrected chi connectivity index (χ3v) is 1.50. The Morgan fingerprint density at radius 1 is 1.12 bits per heavy atom. The number of rotatable bonds is 1. The third kappa shape index (κ3) is 3.26. The average Bonchev–Trinajstić information content (AvgIpc) is 2.25. The second-order valence-electron chi connectivity index (χ2n) is 2.68. The van der Waals surface area contributed by atoms with Crippen molar-refractivity contribution in [1.29, 1.82) is 0 Å². The molecular formula is C9H6F3NO3. The van der Waals surface area contributed by atoms with Crippen LogP contribution in [0.5, 0.6) is 0 Å². The minimum Gasteiger partial charge on any atom is -0.335 e. The molecule has 16 heavy (non-hydrogen) atoms. The summed E-state index contributed by atoms with van der Waals surface area (Å²) in [5.74, 6) is -3.41. The van der Waals surface area contributed by atoms with Crippen molar-refractivity contribution in [2.24, 2.45) is 0 Å². The quantitative estimate of drug-likeness (QED) is 0.746. The van der Waals surface area contributed by atoms with Gasteiger partial charge in [-0.15, -0.1) is 0 Å². The van der Waals surface area contributed by atoms with Crippen molar-refractivity contribution in [3.05, 3.63) is 35.9 Å². The molecular weight excluding hydrogens is 227 g/mol. The van der Waals surface area contributed by atoms with Crippen molar-refractivity contribution < 1.29 is 27.6 Å². The Labute approximate surface area is 88.0 Å². The summed E-state index contributed by atoms with van der Waals surface area (Å²) in [4.78, 5) is 25.3. The van der Waals surface area contributed by atoms with Gasteiger partial charge in [0.05, 0.1) is 5.56 Å². The first kappa shape index (κ1) is 12.0. The highest BCUT2D eigenvalue weighted by atomic mass is 19.4. The topological polar surface area (TPSA) is 55.4 Å². The Kier molecular flexibility index (Phi) is 3.49. The standard InChI is InChI=1S/C9H6F3NO3/c10-9(11,12)8(15)13-16-7(14)6-4-2-1-3-5-6/h1-5H,(H,13,15). The number of hydrogen-bond donors (Lipinski definition) is 1. The van der Waals surface area contributed by atoms with Gasteiger partial charge < -0.3 is 4.84 Å². The molecule has 0 saturated carbocycles. The Hall–Kier alpha value is -2.05. The summed E-state index contributed by atoms with van der Waals surface area (Å²) in [5.41, 5.74) is 1.04. The van der Waals surface area contributed by atoms with Crippen molar-refractivity contribution in [1.82, 2.24) is 5.48 Å². The number of nitrogens with one attached hydrogen (secondary N) is 1. The van der Waals surface area contributed by atoms with Gasteiger partial charge in [0.2, 0.25) is 0 Å². The average molecular weight is 233 g/mol. The summed E-state index contributed by atoms with van der Waals surface area (Å²) in [6, 6.07) is 7.29. The van der Waals surface area contributed by atoms with Crippen molar-refractivity contribution in [2.45, 2.75) is 6.18 Å². The molecule has 0 spiro atoms. The van der Waals surface area contributed by atoms with Gasteiger partial charge in [-0.3, -0.25) is 4.79 Å². The van der Waals surface area contributed by atoms with Crippen molar-refractivity contribution in [3.63, 3.8) is 0 Å². The summed E-state index contributed by atoms with van der Waals surface area (Å²) in [5, 5.41) is 0. The van der Waals surface area contributed by atoms with Gasteiger partial charge in [-0.1, -0.05) is 18.2 Å². The zero-order valence-corrected chi connectivity index (χ0v) is 7.75. The van der Waals surface area contributed by atoms with Crippen molar-refractivity contribution >= 4 is 11.9 Å². The van der Waals surface area contributed by atoms with Gasteiger partial charge in [-0.05, 0) is 12.1 Å². The maximum absolute atomic E-state index is 11.7. The number of carbonyl (C=O) groups is 2. The van der Waals surface area contributed by atoms with Crippen LogP contribution >= 0.6 is 0 Å². The predicted molar refractivity (Wildman–Crippen MR) is 46.1 cm³/mol. The maximum atomic E-state index is 11.7. The minimum atomic E-state index is -5.09. The molecule has 1 N–H and O–H groups in total. The molecule has 86 valence electrons. The number of benzene rings is 1. The molecule has 1 rings (SSSR count). The van der Waals surface area contributed by atoms with Gasteiger partial charge in [0.25, 0.3) is 0 Å². The zero-order valence-electron chi connectivity index (χ0n) is 7.75. The van der Waals surface area contributed by atoms with Crippen LogP contribution in [0.4, 0.5) is 13.2 Å². The SMILES string of the molecule is O=C(ONC(=O)C(F)(F)F)c1ccccc1. The largest absolute Gasteiger partial charge is 0.474 e. The predicted octanol–water partition coefficient (Wildman–Crippen LogP) is 1.44. The zero-order chi connectivity index (χ0) is 12.2. The number of alkyl halides is 3. The number of hydrogen-bond acceptors (Lipinski definition) is 3. The molecule has 0 atom stereocenters. The molecule has 1 amide bonds. The fourth-order valence-corrected chi connectivity index (χ4v) is 0.784. The molecule has 0 unspecified atom stereocenters. The van der Waals surface area contributed by atoms with Crippen LogP contribution in [-0.2, 0) is 9.63 Å². The van der Waals surface area contributed by atoms with Crippen LogP contribution in [0.2, 0.25) is 0 Å². The smallest absolute Gasteiger partial charge is 0.335 e. The van der Waals surface area contributed by atoms with E-state index in [2.05, 4.69) is 4.84 Å². The van der Waals surface area contributed by atoms with Gasteiger partial charge >= 0.3 is 18.1 Å². The summed E-state index contributed by atoms with van der Waals surface area (Å²) < 4.78 is 35.1. The van der Waals surface area contributed by atoms with E-state index in [0.717, 1.165) is 5.48 Å². The lowest BCUT2D eigenvalue weighted by atomic mass is 10.2. The molecule has 0 radical (unpaired) electrons. The Bertz CT molecular complexity index is 389. The third-order valence-electron chi connectivity index (χ3n) is 1.50. The summed E-state index contributed by atoms with van der Waals surface area (Å²) >= 11 is 0. The van der Waals surface area contributed by atoms with Crippen LogP contribution in [-0.4, -0.2) is 18.1 Å². The first-order chi connectivity index (χ1) is 7.41. The molecule has 1 aromatic carbocycles. The van der Waals surface area contributed by atoms with Crippen molar-refractivity contribution in [3.8, 4) is 0 Å². The second kappa shape index (κ2) is 4.65. The Balaban J connectivity index is 2.52. The van der Waals surface area contributed by atoms with E-state index in [1.54, 1.807) is 6.07 Å². The lowest BCUT2D eigenvalue weighted by Crippen LogP contribution is -2.38. The van der Waals surface area contributed by atoms with E-state index in [1.165, 1.54) is 24.3 Å². The number of hydroxylamine groups is 1. The number of halogens is 3. The maximum Gasteiger partial charge on any atom is 0.474 e. The highest BCUT2D eigenvalue weighted by molar-refractivity contribution is 5.90. The summed E-state index contributed by atoms with van der Waals surface area (Å²) in [6.07, 6.45) is -5.09. The van der Waals surface area contributed by atoms with E-state index in [9.17, 15) is 22.8 Å². The van der Waals surface area contributed by atoms with Crippen LogP contribution < -0.4 is 5.48 Å². The first-order valence-corrected chi connectivity index (χ1v) is 4.04. The molecule has 0 aliphatic carbocycles. The lowest BCUT2D eigenvalue weighted by molar-refractivity contribution is -0.182. The van der Waals surface area contributed by atoms with Crippen LogP contribution in [0.25, 0.3) is 0 Å². The summed E-state index contributed by atoms with van der Waals surface area (Å²) in [7, 11) is 0. The molecule has 0 bridgehead atoms. The molecule has 0 fully saturated rings. The Morgan fingerprint density at radius 3 is 2.19 bits per heavy atom. The van der Waals surface area contributed by atoms with Gasteiger partial charge in [-0.25, -0.2) is 4.79 Å². The summed E-state index contributed by atoms with van der Waals surface area (Å²) in [6.45, 7) is 0. The van der Waals surface area contributed by atoms with Crippen LogP contribution in [0.3, 0.4) is 0 Å². The van der Waals surface area contributed by atoms with Gasteiger partial charge in [0, 0.05) is 0 Å². The van der Waals surface area contributed by atoms with Gasteiger partial charge in [0.15, 0.2) is 0 Å². The molecule has 0 saturated heterocycles. The van der Waals surface area contributed by atoms with E-state index in [1.807, 2.05) is 0 Å². The second-order valence-corrected chi connectivity index (χ2v) is 2.68. The van der Waals surface area contributed by atoms with E-state index >= 15 is 0 Å². The van der Waals surface area contributed by atoms with E-state index in [-0.39, 0.29) is 5.56 Å². The molecule has 0 aliphatic heterocycles. The normalized spacial score (nSPS) is 10.7. The van der Waals surface area contributed by atoms with Gasteiger partial charge in [-0.2, -0.15) is 18.7 Å². The fraction of sp³-hybridized carbons (Fsp3) is 0.111. The number of carbonyl (C=O) groups excluding carboxylic acids is 2. The highest BCUT2D eigenvalue weighted by Crippen LogP contribution is 2.14. The van der Waals surface area contributed by atoms with Gasteiger partial charge in [0.1, 0.15) is 0 Å². The number of amides is 1. The molecule has 0 aromatic heterocycles.